The SMILES string of the molecule is CC(=O)CCCC(=O)NCCC(=O)N(C)CC(=O)NC(C)C(=O)C(C)C. The summed E-state index contributed by atoms with van der Waals surface area (Å²) >= 11 is 0. The smallest absolute Gasteiger partial charge is 0.240 e. The first-order valence-electron chi connectivity index (χ1n) is 8.87. The zero-order valence-corrected chi connectivity index (χ0v) is 16.4. The highest BCUT2D eigenvalue weighted by Gasteiger charge is 2.20. The fourth-order valence-electron chi connectivity index (χ4n) is 2.25. The molecule has 0 rings (SSSR count). The molecule has 26 heavy (non-hydrogen) atoms. The number of hydrogen-bond acceptors (Lipinski definition) is 5. The molecule has 0 fully saturated rings. The summed E-state index contributed by atoms with van der Waals surface area (Å²) in [6.07, 6.45) is 1.17. The Bertz CT molecular complexity index is 531. The third-order valence-electron chi connectivity index (χ3n) is 3.77. The van der Waals surface area contributed by atoms with Crippen LogP contribution in [0.25, 0.3) is 0 Å². The van der Waals surface area contributed by atoms with Crippen LogP contribution in [0.2, 0.25) is 0 Å². The van der Waals surface area contributed by atoms with E-state index in [0.29, 0.717) is 12.8 Å². The molecule has 1 atom stereocenters. The van der Waals surface area contributed by atoms with E-state index in [1.54, 1.807) is 20.8 Å². The summed E-state index contributed by atoms with van der Waals surface area (Å²) in [5.41, 5.74) is 0. The van der Waals surface area contributed by atoms with Gasteiger partial charge in [0.1, 0.15) is 5.78 Å². The van der Waals surface area contributed by atoms with Crippen molar-refractivity contribution in [2.75, 3.05) is 20.1 Å². The van der Waals surface area contributed by atoms with E-state index in [4.69, 9.17) is 0 Å². The largest absolute Gasteiger partial charge is 0.356 e. The quantitative estimate of drug-likeness (QED) is 0.518. The molecule has 0 aromatic heterocycles. The van der Waals surface area contributed by atoms with Crippen LogP contribution in [0.15, 0.2) is 0 Å². The van der Waals surface area contributed by atoms with Crippen molar-refractivity contribution in [1.29, 1.82) is 0 Å². The molecule has 8 heteroatoms. The van der Waals surface area contributed by atoms with E-state index in [9.17, 15) is 24.0 Å². The molecule has 0 aliphatic carbocycles. The van der Waals surface area contributed by atoms with Gasteiger partial charge < -0.3 is 20.3 Å². The number of nitrogens with one attached hydrogen (secondary N) is 2. The van der Waals surface area contributed by atoms with Crippen molar-refractivity contribution in [1.82, 2.24) is 15.5 Å². The van der Waals surface area contributed by atoms with Gasteiger partial charge in [-0.1, -0.05) is 13.8 Å². The number of likely N-dealkylation sites (N-methyl/N-ethyl adjacent to an activating group) is 1. The first-order chi connectivity index (χ1) is 12.0. The Morgan fingerprint density at radius 3 is 2.08 bits per heavy atom. The predicted octanol–water partition coefficient (Wildman–Crippen LogP) is 0.440. The van der Waals surface area contributed by atoms with Gasteiger partial charge in [0.15, 0.2) is 5.78 Å². The van der Waals surface area contributed by atoms with Gasteiger partial charge in [-0.25, -0.2) is 0 Å². The average Bonchev–Trinajstić information content (AvgIpc) is 2.53. The normalized spacial score (nSPS) is 11.6. The topological polar surface area (TPSA) is 113 Å². The van der Waals surface area contributed by atoms with Gasteiger partial charge >= 0.3 is 0 Å². The monoisotopic (exact) mass is 369 g/mol. The van der Waals surface area contributed by atoms with Crippen molar-refractivity contribution < 1.29 is 24.0 Å². The average molecular weight is 369 g/mol. The molecule has 0 radical (unpaired) electrons. The van der Waals surface area contributed by atoms with Crippen molar-refractivity contribution in [3.8, 4) is 0 Å². The van der Waals surface area contributed by atoms with Gasteiger partial charge in [-0.15, -0.1) is 0 Å². The molecule has 2 N–H and O–H groups in total. The summed E-state index contributed by atoms with van der Waals surface area (Å²) in [5, 5.41) is 5.19. The lowest BCUT2D eigenvalue weighted by atomic mass is 10.0. The lowest BCUT2D eigenvalue weighted by Crippen LogP contribution is -2.45. The third kappa shape index (κ3) is 10.6. The molecule has 3 amide bonds. The van der Waals surface area contributed by atoms with E-state index in [0.717, 1.165) is 0 Å². The lowest BCUT2D eigenvalue weighted by molar-refractivity contribution is -0.135. The molecule has 148 valence electrons. The highest BCUT2D eigenvalue weighted by molar-refractivity contribution is 5.91. The minimum Gasteiger partial charge on any atom is -0.356 e. The Labute approximate surface area is 155 Å². The standard InChI is InChI=1S/C18H31N3O5/c1-12(2)18(26)14(4)20-16(24)11-21(5)17(25)9-10-19-15(23)8-6-7-13(3)22/h12,14H,6-11H2,1-5H3,(H,19,23)(H,20,24). The maximum absolute atomic E-state index is 12.0. The Kier molecular flexibility index (Phi) is 11.1. The highest BCUT2D eigenvalue weighted by atomic mass is 16.2. The molecular formula is C18H31N3O5. The van der Waals surface area contributed by atoms with Crippen molar-refractivity contribution >= 4 is 29.3 Å². The number of carbonyl (C=O) groups excluding carboxylic acids is 5. The molecule has 0 saturated carbocycles. The van der Waals surface area contributed by atoms with Crippen molar-refractivity contribution in [3.05, 3.63) is 0 Å². The molecule has 0 aliphatic rings. The number of ketones is 2. The number of amides is 3. The van der Waals surface area contributed by atoms with Crippen LogP contribution in [0.4, 0.5) is 0 Å². The fraction of sp³-hybridized carbons (Fsp3) is 0.722. The summed E-state index contributed by atoms with van der Waals surface area (Å²) in [6.45, 7) is 6.63. The molecule has 0 spiro atoms. The Morgan fingerprint density at radius 1 is 0.923 bits per heavy atom. The Balaban J connectivity index is 4.08. The second-order valence-electron chi connectivity index (χ2n) is 6.75. The van der Waals surface area contributed by atoms with Gasteiger partial charge in [0.2, 0.25) is 17.7 Å². The maximum Gasteiger partial charge on any atom is 0.240 e. The predicted molar refractivity (Wildman–Crippen MR) is 97.2 cm³/mol. The fourth-order valence-corrected chi connectivity index (χ4v) is 2.25. The van der Waals surface area contributed by atoms with Crippen LogP contribution in [0.1, 0.15) is 53.4 Å². The van der Waals surface area contributed by atoms with Crippen LogP contribution in [0, 0.1) is 5.92 Å². The van der Waals surface area contributed by atoms with Gasteiger partial charge in [-0.2, -0.15) is 0 Å². The molecule has 0 bridgehead atoms. The Hall–Kier alpha value is -2.25. The first-order valence-corrected chi connectivity index (χ1v) is 8.87. The molecular weight excluding hydrogens is 338 g/mol. The van der Waals surface area contributed by atoms with Gasteiger partial charge in [-0.05, 0) is 20.3 Å². The first kappa shape index (κ1) is 23.8. The number of carbonyl (C=O) groups is 5. The van der Waals surface area contributed by atoms with Crippen LogP contribution in [0.3, 0.4) is 0 Å². The van der Waals surface area contributed by atoms with E-state index < -0.39 is 11.9 Å². The summed E-state index contributed by atoms with van der Waals surface area (Å²) in [6, 6.07) is -0.597. The molecule has 0 saturated heterocycles. The van der Waals surface area contributed by atoms with Crippen molar-refractivity contribution in [2.45, 2.75) is 59.4 Å². The maximum atomic E-state index is 12.0. The minimum atomic E-state index is -0.597. The molecule has 8 nitrogen and oxygen atoms in total. The van der Waals surface area contributed by atoms with E-state index in [2.05, 4.69) is 10.6 Å². The molecule has 0 aromatic rings. The van der Waals surface area contributed by atoms with Gasteiger partial charge in [0, 0.05) is 38.8 Å². The van der Waals surface area contributed by atoms with Gasteiger partial charge in [0.25, 0.3) is 0 Å². The number of rotatable bonds is 12. The van der Waals surface area contributed by atoms with Gasteiger partial charge in [-0.3, -0.25) is 19.2 Å². The summed E-state index contributed by atoms with van der Waals surface area (Å²) in [5.74, 6) is -1.11. The zero-order chi connectivity index (χ0) is 20.3. The van der Waals surface area contributed by atoms with Gasteiger partial charge in [0.05, 0.1) is 12.6 Å². The van der Waals surface area contributed by atoms with Crippen LogP contribution < -0.4 is 10.6 Å². The summed E-state index contributed by atoms with van der Waals surface area (Å²) < 4.78 is 0. The molecule has 0 aliphatic heterocycles. The second-order valence-corrected chi connectivity index (χ2v) is 6.75. The van der Waals surface area contributed by atoms with Crippen LogP contribution in [0.5, 0.6) is 0 Å². The molecule has 0 aromatic carbocycles. The zero-order valence-electron chi connectivity index (χ0n) is 16.4. The number of hydrogen-bond donors (Lipinski definition) is 2. The van der Waals surface area contributed by atoms with E-state index in [1.807, 2.05) is 0 Å². The number of Topliss-reactive ketones (excluding diaryl/α,β-unsaturated/α-hetero) is 2. The second kappa shape index (κ2) is 12.2. The van der Waals surface area contributed by atoms with E-state index in [1.165, 1.54) is 18.9 Å². The number of nitrogens with zero attached hydrogens (tertiary/aromatic N) is 1. The lowest BCUT2D eigenvalue weighted by Gasteiger charge is -2.19. The van der Waals surface area contributed by atoms with E-state index >= 15 is 0 Å². The van der Waals surface area contributed by atoms with E-state index in [-0.39, 0.29) is 55.2 Å². The highest BCUT2D eigenvalue weighted by Crippen LogP contribution is 2.00. The van der Waals surface area contributed by atoms with Crippen LogP contribution in [-0.2, 0) is 24.0 Å². The van der Waals surface area contributed by atoms with Crippen LogP contribution in [-0.4, -0.2) is 60.4 Å². The van der Waals surface area contributed by atoms with Crippen molar-refractivity contribution in [3.63, 3.8) is 0 Å². The van der Waals surface area contributed by atoms with Crippen LogP contribution >= 0.6 is 0 Å². The summed E-state index contributed by atoms with van der Waals surface area (Å²) in [4.78, 5) is 59.2. The Morgan fingerprint density at radius 2 is 1.54 bits per heavy atom. The molecule has 0 heterocycles. The minimum absolute atomic E-state index is 0.0392. The van der Waals surface area contributed by atoms with Crippen molar-refractivity contribution in [2.24, 2.45) is 5.92 Å². The third-order valence-corrected chi connectivity index (χ3v) is 3.77. The summed E-state index contributed by atoms with van der Waals surface area (Å²) in [7, 11) is 1.49. The molecule has 1 unspecified atom stereocenters.